The van der Waals surface area contributed by atoms with Crippen molar-refractivity contribution in [3.63, 3.8) is 0 Å². The van der Waals surface area contributed by atoms with Gasteiger partial charge in [0.2, 0.25) is 0 Å². The van der Waals surface area contributed by atoms with Gasteiger partial charge in [0.05, 0.1) is 0 Å². The van der Waals surface area contributed by atoms with Gasteiger partial charge in [0.25, 0.3) is 0 Å². The van der Waals surface area contributed by atoms with Crippen molar-refractivity contribution >= 4 is 12.0 Å². The van der Waals surface area contributed by atoms with E-state index in [0.717, 1.165) is 0 Å². The molecule has 0 aromatic heterocycles. The lowest BCUT2D eigenvalue weighted by Gasteiger charge is -2.26. The minimum atomic E-state index is -0.636. The van der Waals surface area contributed by atoms with Crippen LogP contribution in [0.3, 0.4) is 0 Å². The van der Waals surface area contributed by atoms with Crippen LogP contribution in [0.25, 0.3) is 0 Å². The number of carbonyl (C=O) groups is 2. The first-order chi connectivity index (χ1) is 8.03. The summed E-state index contributed by atoms with van der Waals surface area (Å²) in [5.41, 5.74) is -0.555. The normalized spacial score (nSPS) is 13.4. The molecule has 2 N–H and O–H groups in total. The maximum atomic E-state index is 12.0. The molecular formula is C13H26N2O3. The lowest BCUT2D eigenvalue weighted by Crippen LogP contribution is -2.51. The zero-order valence-electron chi connectivity index (χ0n) is 12.5. The smallest absolute Gasteiger partial charge is 0.329 e. The van der Waals surface area contributed by atoms with Crippen LogP contribution in [-0.2, 0) is 9.53 Å². The zero-order valence-corrected chi connectivity index (χ0v) is 12.5. The second-order valence-electron chi connectivity index (χ2n) is 6.03. The summed E-state index contributed by atoms with van der Waals surface area (Å²) >= 11 is 0. The fourth-order valence-electron chi connectivity index (χ4n) is 1.31. The van der Waals surface area contributed by atoms with Gasteiger partial charge in [-0.2, -0.15) is 0 Å². The minimum Gasteiger partial charge on any atom is -0.458 e. The van der Waals surface area contributed by atoms with Crippen LogP contribution in [0.5, 0.6) is 0 Å². The summed E-state index contributed by atoms with van der Waals surface area (Å²) in [6.07, 6.45) is 0. The van der Waals surface area contributed by atoms with E-state index in [9.17, 15) is 9.59 Å². The highest BCUT2D eigenvalue weighted by molar-refractivity contribution is 5.84. The maximum Gasteiger partial charge on any atom is 0.329 e. The van der Waals surface area contributed by atoms with Crippen molar-refractivity contribution in [3.05, 3.63) is 0 Å². The minimum absolute atomic E-state index is 0.0245. The number of hydrogen-bond donors (Lipinski definition) is 2. The molecule has 0 bridgehead atoms. The summed E-state index contributed by atoms with van der Waals surface area (Å²) in [6.45, 7) is 12.9. The highest BCUT2D eigenvalue weighted by Gasteiger charge is 2.29. The first kappa shape index (κ1) is 16.7. The third-order valence-electron chi connectivity index (χ3n) is 2.03. The number of carbonyl (C=O) groups excluding carboxylic acids is 2. The first-order valence-electron chi connectivity index (χ1n) is 6.33. The van der Waals surface area contributed by atoms with Crippen molar-refractivity contribution in [2.24, 2.45) is 5.92 Å². The summed E-state index contributed by atoms with van der Waals surface area (Å²) in [5, 5.41) is 5.33. The predicted molar refractivity (Wildman–Crippen MR) is 71.3 cm³/mol. The van der Waals surface area contributed by atoms with E-state index >= 15 is 0 Å². The number of rotatable bonds is 4. The molecule has 0 spiro atoms. The fourth-order valence-corrected chi connectivity index (χ4v) is 1.31. The standard InChI is InChI=1S/C13H26N2O3/c1-8(2)10(11(16)18-13(5,6)7)15-12(17)14-9(3)4/h8-10H,1-7H3,(H2,14,15,17)/t10-/m0/s1. The molecule has 0 saturated heterocycles. The number of nitrogens with one attached hydrogen (secondary N) is 2. The number of urea groups is 1. The molecule has 18 heavy (non-hydrogen) atoms. The van der Waals surface area contributed by atoms with Gasteiger partial charge in [-0.15, -0.1) is 0 Å². The number of ether oxygens (including phenoxy) is 1. The Morgan fingerprint density at radius 3 is 1.83 bits per heavy atom. The number of esters is 1. The molecule has 0 aliphatic rings. The average molecular weight is 258 g/mol. The van der Waals surface area contributed by atoms with Crippen LogP contribution >= 0.6 is 0 Å². The van der Waals surface area contributed by atoms with E-state index in [1.807, 2.05) is 27.7 Å². The molecule has 0 aliphatic carbocycles. The first-order valence-corrected chi connectivity index (χ1v) is 6.33. The SMILES string of the molecule is CC(C)NC(=O)N[C@H](C(=O)OC(C)(C)C)C(C)C. The topological polar surface area (TPSA) is 67.4 Å². The van der Waals surface area contributed by atoms with Crippen LogP contribution < -0.4 is 10.6 Å². The lowest BCUT2D eigenvalue weighted by molar-refractivity contribution is -0.158. The van der Waals surface area contributed by atoms with E-state index in [1.165, 1.54) is 0 Å². The Kier molecular flexibility index (Phi) is 6.15. The van der Waals surface area contributed by atoms with E-state index in [2.05, 4.69) is 10.6 Å². The van der Waals surface area contributed by atoms with Gasteiger partial charge in [0, 0.05) is 6.04 Å². The van der Waals surface area contributed by atoms with Crippen LogP contribution in [-0.4, -0.2) is 29.7 Å². The summed E-state index contributed by atoms with van der Waals surface area (Å²) in [6, 6.07) is -0.964. The molecule has 106 valence electrons. The molecule has 0 radical (unpaired) electrons. The molecule has 0 aliphatic heterocycles. The monoisotopic (exact) mass is 258 g/mol. The van der Waals surface area contributed by atoms with Crippen LogP contribution in [0.1, 0.15) is 48.5 Å². The number of amides is 2. The Hall–Kier alpha value is -1.26. The molecule has 0 aromatic rings. The van der Waals surface area contributed by atoms with Crippen molar-refractivity contribution < 1.29 is 14.3 Å². The van der Waals surface area contributed by atoms with Gasteiger partial charge < -0.3 is 15.4 Å². The molecule has 0 heterocycles. The highest BCUT2D eigenvalue weighted by Crippen LogP contribution is 2.12. The second kappa shape index (κ2) is 6.61. The Bertz CT molecular complexity index is 293. The largest absolute Gasteiger partial charge is 0.458 e. The Labute approximate surface area is 110 Å². The van der Waals surface area contributed by atoms with E-state index in [4.69, 9.17) is 4.74 Å². The quantitative estimate of drug-likeness (QED) is 0.758. The van der Waals surface area contributed by atoms with Crippen LogP contribution in [0.2, 0.25) is 0 Å². The lowest BCUT2D eigenvalue weighted by atomic mass is 10.0. The van der Waals surface area contributed by atoms with Crippen molar-refractivity contribution in [2.45, 2.75) is 66.2 Å². The van der Waals surface area contributed by atoms with Crippen LogP contribution in [0.15, 0.2) is 0 Å². The molecule has 1 atom stereocenters. The summed E-state index contributed by atoms with van der Waals surface area (Å²) in [7, 11) is 0. The average Bonchev–Trinajstić information content (AvgIpc) is 2.09. The predicted octanol–water partition coefficient (Wildman–Crippen LogP) is 2.06. The Balaban J connectivity index is 4.58. The van der Waals surface area contributed by atoms with Crippen LogP contribution in [0, 0.1) is 5.92 Å². The molecule has 0 unspecified atom stereocenters. The van der Waals surface area contributed by atoms with Gasteiger partial charge in [-0.25, -0.2) is 9.59 Å². The van der Waals surface area contributed by atoms with Gasteiger partial charge >= 0.3 is 12.0 Å². The van der Waals surface area contributed by atoms with Gasteiger partial charge in [0.15, 0.2) is 0 Å². The molecule has 5 nitrogen and oxygen atoms in total. The molecule has 0 aromatic carbocycles. The molecule has 0 rings (SSSR count). The van der Waals surface area contributed by atoms with Crippen molar-refractivity contribution in [1.82, 2.24) is 10.6 Å². The second-order valence-corrected chi connectivity index (χ2v) is 6.03. The van der Waals surface area contributed by atoms with Gasteiger partial charge in [-0.05, 0) is 40.5 Å². The molecule has 0 fully saturated rings. The van der Waals surface area contributed by atoms with Crippen molar-refractivity contribution in [1.29, 1.82) is 0 Å². The number of hydrogen-bond acceptors (Lipinski definition) is 3. The van der Waals surface area contributed by atoms with E-state index in [1.54, 1.807) is 20.8 Å². The van der Waals surface area contributed by atoms with Crippen LogP contribution in [0.4, 0.5) is 4.79 Å². The van der Waals surface area contributed by atoms with E-state index in [-0.39, 0.29) is 18.0 Å². The van der Waals surface area contributed by atoms with Crippen molar-refractivity contribution in [2.75, 3.05) is 0 Å². The molecule has 2 amide bonds. The molecular weight excluding hydrogens is 232 g/mol. The summed E-state index contributed by atoms with van der Waals surface area (Å²) < 4.78 is 5.29. The zero-order chi connectivity index (χ0) is 14.5. The maximum absolute atomic E-state index is 12.0. The third kappa shape index (κ3) is 7.14. The molecule has 5 heteroatoms. The van der Waals surface area contributed by atoms with Gasteiger partial charge in [-0.3, -0.25) is 0 Å². The highest BCUT2D eigenvalue weighted by atomic mass is 16.6. The molecule has 0 saturated carbocycles. The third-order valence-corrected chi connectivity index (χ3v) is 2.03. The summed E-state index contributed by atoms with van der Waals surface area (Å²) in [4.78, 5) is 23.6. The van der Waals surface area contributed by atoms with Gasteiger partial charge in [-0.1, -0.05) is 13.8 Å². The fraction of sp³-hybridized carbons (Fsp3) is 0.846. The summed E-state index contributed by atoms with van der Waals surface area (Å²) in [5.74, 6) is -0.436. The van der Waals surface area contributed by atoms with Gasteiger partial charge in [0.1, 0.15) is 11.6 Å². The van der Waals surface area contributed by atoms with Crippen molar-refractivity contribution in [3.8, 4) is 0 Å². The van der Waals surface area contributed by atoms with E-state index < -0.39 is 17.6 Å². The Morgan fingerprint density at radius 2 is 1.50 bits per heavy atom. The Morgan fingerprint density at radius 1 is 1.00 bits per heavy atom. The van der Waals surface area contributed by atoms with E-state index in [0.29, 0.717) is 0 Å².